The van der Waals surface area contributed by atoms with Gasteiger partial charge in [-0.3, -0.25) is 28.7 Å². The average Bonchev–Trinajstić information content (AvgIpc) is 1.65. The third kappa shape index (κ3) is 17.3. The quantitative estimate of drug-likeness (QED) is 0.0229. The molecule has 0 radical (unpaired) electrons. The number of cyclic esters (lactones) is 1. The van der Waals surface area contributed by atoms with Crippen LogP contribution in [0.3, 0.4) is 0 Å². The first kappa shape index (κ1) is 69.9. The van der Waals surface area contributed by atoms with Crippen LogP contribution in [0.25, 0.3) is 33.7 Å². The molecule has 2 aliphatic rings. The van der Waals surface area contributed by atoms with Crippen molar-refractivity contribution in [2.24, 2.45) is 5.73 Å². The Hall–Kier alpha value is -9.41. The van der Waals surface area contributed by atoms with Gasteiger partial charge in [0.2, 0.25) is 54.2 Å². The van der Waals surface area contributed by atoms with E-state index in [9.17, 15) is 50.4 Å². The highest BCUT2D eigenvalue weighted by molar-refractivity contribution is 7.90. The normalized spacial score (nSPS) is 14.9. The number of unbranched alkanes of at least 4 members (excludes halogenated alkanes) is 1. The Morgan fingerprint density at radius 3 is 2.37 bits per heavy atom. The molecular weight excluding hydrogens is 1280 g/mol. The lowest BCUT2D eigenvalue weighted by Gasteiger charge is -2.35. The van der Waals surface area contributed by atoms with Crippen LogP contribution >= 0.6 is 0 Å². The van der Waals surface area contributed by atoms with Gasteiger partial charge in [0.15, 0.2) is 5.69 Å². The number of nitrogens with zero attached hydrogens (tertiary/aromatic N) is 9. The molecule has 7 heterocycles. The van der Waals surface area contributed by atoms with Gasteiger partial charge in [-0.2, -0.15) is 4.31 Å². The van der Waals surface area contributed by atoms with Crippen LogP contribution in [-0.2, 0) is 108 Å². The minimum absolute atomic E-state index is 0.0251. The molecule has 0 saturated heterocycles. The summed E-state index contributed by atoms with van der Waals surface area (Å²) in [6.07, 6.45) is 8.02. The zero-order chi connectivity index (χ0) is 68.2. The van der Waals surface area contributed by atoms with Gasteiger partial charge < -0.3 is 59.7 Å². The molecule has 9 rings (SSSR count). The SMILES string of the molecule is CC[C@@]1(OC(=O)OCc2ccc(NC(=O)[C@H](CCCCN)NC(=O)COCC(=O)NCCOC(C)CCn3cc(CNC(=O)c4coc(-c5cnc(S(C)(=O)=O)nc5)n4)nn3)cc2)C(=O)OCc2c1cc1n(c2=O)Cc2c-1nc1ccccc1c2CCN(C(C)C)S(C)(=O)=O. The number of ether oxygens (including phenoxy) is 5. The number of nitrogens with one attached hydrogen (secondary N) is 4. The predicted octanol–water partition coefficient (Wildman–Crippen LogP) is 3.20. The molecule has 4 amide bonds. The van der Waals surface area contributed by atoms with Gasteiger partial charge in [-0.15, -0.1) is 5.10 Å². The maximum Gasteiger partial charge on any atom is 0.510 e. The molecule has 31 nitrogen and oxygen atoms in total. The van der Waals surface area contributed by atoms with Crippen molar-refractivity contribution < 1.29 is 73.7 Å². The summed E-state index contributed by atoms with van der Waals surface area (Å²) in [6.45, 7) is 6.89. The maximum atomic E-state index is 14.4. The van der Waals surface area contributed by atoms with Crippen LogP contribution < -0.4 is 32.6 Å². The van der Waals surface area contributed by atoms with Crippen molar-refractivity contribution in [2.75, 3.05) is 57.3 Å². The number of esters is 1. The number of carbonyl (C=O) groups excluding carboxylic acids is 6. The molecule has 5 aromatic heterocycles. The standard InChI is InChI=1S/C62H74N14O17S2/c1-7-62(47-26-51-54-45(31-75(51)58(81)46(47)33-91-59(62)82)43(44-12-8-9-13-48(44)70-54)20-24-76(37(2)3)95(6,86)87)93-61(83)92-32-39-15-17-41(18-16-39)68-56(80)49(14-10-11-21-63)69-53(78)36-88-35-52(77)64-22-25-89-38(4)19-23-74-30-42(72-73-74)29-65-55(79)50-34-90-57(71-50)40-27-66-60(67-28-40)94(5,84)85/h8-9,12-13,15-18,26-28,30,34,37-38,49H,7,10-11,14,19-25,29,31-33,35-36,63H2,1-6H3,(H,64,77)(H,65,79)(H,68,80)(H,69,78)/t38?,49-,62-/m0/s1. The third-order valence-corrected chi connectivity index (χ3v) is 18.0. The van der Waals surface area contributed by atoms with E-state index >= 15 is 0 Å². The molecular formula is C62H74N14O17S2. The highest BCUT2D eigenvalue weighted by Gasteiger charge is 2.51. The molecule has 2 aromatic carbocycles. The van der Waals surface area contributed by atoms with Crippen LogP contribution in [0.1, 0.15) is 104 Å². The predicted molar refractivity (Wildman–Crippen MR) is 340 cm³/mol. The molecule has 0 aliphatic carbocycles. The number of pyridine rings is 2. The summed E-state index contributed by atoms with van der Waals surface area (Å²) in [7, 11) is -7.14. The van der Waals surface area contributed by atoms with Crippen LogP contribution in [-0.4, -0.2) is 167 Å². The van der Waals surface area contributed by atoms with Crippen molar-refractivity contribution in [3.8, 4) is 22.8 Å². The molecule has 0 bridgehead atoms. The number of hydrogen-bond acceptors (Lipinski definition) is 24. The van der Waals surface area contributed by atoms with E-state index in [1.807, 2.05) is 31.2 Å². The van der Waals surface area contributed by atoms with Crippen molar-refractivity contribution in [3.63, 3.8) is 0 Å². The van der Waals surface area contributed by atoms with E-state index in [1.165, 1.54) is 27.5 Å². The Kier molecular flexibility index (Phi) is 22.6. The fourth-order valence-corrected chi connectivity index (χ4v) is 12.5. The number of benzene rings is 2. The van der Waals surface area contributed by atoms with Crippen LogP contribution in [0.4, 0.5) is 10.5 Å². The Bertz CT molecular complexity index is 4270. The second-order valence-corrected chi connectivity index (χ2v) is 26.8. The molecule has 0 spiro atoms. The van der Waals surface area contributed by atoms with Crippen molar-refractivity contribution in [1.29, 1.82) is 0 Å². The van der Waals surface area contributed by atoms with Crippen LogP contribution in [0.15, 0.2) is 93.8 Å². The van der Waals surface area contributed by atoms with E-state index in [0.717, 1.165) is 29.0 Å². The van der Waals surface area contributed by atoms with Crippen LogP contribution in [0, 0.1) is 0 Å². The number of sulfonamides is 1. The van der Waals surface area contributed by atoms with Crippen LogP contribution in [0.5, 0.6) is 0 Å². The molecule has 3 atom stereocenters. The topological polar surface area (TPSA) is 412 Å². The highest BCUT2D eigenvalue weighted by atomic mass is 32.2. The minimum atomic E-state index is -3.60. The van der Waals surface area contributed by atoms with Crippen molar-refractivity contribution >= 4 is 72.2 Å². The number of amides is 4. The summed E-state index contributed by atoms with van der Waals surface area (Å²) in [5.74, 6) is -3.10. The number of sulfone groups is 1. The molecule has 1 unspecified atom stereocenters. The van der Waals surface area contributed by atoms with E-state index < -0.39 is 86.0 Å². The lowest BCUT2D eigenvalue weighted by molar-refractivity contribution is -0.175. The zero-order valence-corrected chi connectivity index (χ0v) is 54.8. The summed E-state index contributed by atoms with van der Waals surface area (Å²) >= 11 is 0. The van der Waals surface area contributed by atoms with Gasteiger partial charge in [-0.25, -0.2) is 46.4 Å². The highest BCUT2D eigenvalue weighted by Crippen LogP contribution is 2.42. The van der Waals surface area contributed by atoms with Gasteiger partial charge in [0, 0.05) is 66.5 Å². The molecule has 0 fully saturated rings. The van der Waals surface area contributed by atoms with Crippen molar-refractivity contribution in [1.82, 2.24) is 59.8 Å². The number of fused-ring (bicyclic) bond motifs is 5. The maximum absolute atomic E-state index is 14.4. The van der Waals surface area contributed by atoms with E-state index in [2.05, 4.69) is 46.5 Å². The third-order valence-electron chi connectivity index (χ3n) is 15.7. The molecule has 506 valence electrons. The summed E-state index contributed by atoms with van der Waals surface area (Å²) in [4.78, 5) is 110. The number of oxazole rings is 1. The van der Waals surface area contributed by atoms with E-state index in [-0.39, 0.29) is 104 Å². The fraction of sp³-hybridized carbons (Fsp3) is 0.435. The van der Waals surface area contributed by atoms with Gasteiger partial charge in [0.25, 0.3) is 11.5 Å². The fourth-order valence-electron chi connectivity index (χ4n) is 10.9. The number of aromatic nitrogens is 8. The first-order valence-electron chi connectivity index (χ1n) is 30.5. The zero-order valence-electron chi connectivity index (χ0n) is 53.1. The van der Waals surface area contributed by atoms with Gasteiger partial charge >= 0.3 is 12.1 Å². The smallest absolute Gasteiger partial charge is 0.457 e. The van der Waals surface area contributed by atoms with E-state index in [4.69, 9.17) is 38.8 Å². The summed E-state index contributed by atoms with van der Waals surface area (Å²) in [6, 6.07) is 14.1. The van der Waals surface area contributed by atoms with Crippen molar-refractivity contribution in [3.05, 3.63) is 129 Å². The minimum Gasteiger partial charge on any atom is -0.457 e. The summed E-state index contributed by atoms with van der Waals surface area (Å²) in [5.41, 5.74) is 8.02. The Labute approximate surface area is 546 Å². The molecule has 0 saturated carbocycles. The summed E-state index contributed by atoms with van der Waals surface area (Å²) < 4.78 is 86.8. The Morgan fingerprint density at radius 2 is 1.65 bits per heavy atom. The van der Waals surface area contributed by atoms with Gasteiger partial charge in [-0.05, 0) is 101 Å². The number of rotatable bonds is 32. The second kappa shape index (κ2) is 30.8. The lowest BCUT2D eigenvalue weighted by Crippen LogP contribution is -2.47. The lowest BCUT2D eigenvalue weighted by atomic mass is 9.85. The number of carbonyl (C=O) groups is 6. The van der Waals surface area contributed by atoms with Crippen LogP contribution in [0.2, 0.25) is 0 Å². The summed E-state index contributed by atoms with van der Waals surface area (Å²) in [5, 5.41) is 19.4. The number of hydrogen-bond donors (Lipinski definition) is 5. The number of nitrogens with two attached hydrogens (primary N) is 1. The molecule has 33 heteroatoms. The van der Waals surface area contributed by atoms with Crippen molar-refractivity contribution in [2.45, 2.75) is 128 Å². The van der Waals surface area contributed by atoms with Gasteiger partial charge in [0.1, 0.15) is 44.4 Å². The largest absolute Gasteiger partial charge is 0.510 e. The second-order valence-electron chi connectivity index (χ2n) is 23.0. The average molecular weight is 1350 g/mol. The van der Waals surface area contributed by atoms with Gasteiger partial charge in [0.05, 0.1) is 66.3 Å². The first-order chi connectivity index (χ1) is 45.3. The van der Waals surface area contributed by atoms with Gasteiger partial charge in [-0.1, -0.05) is 42.5 Å². The first-order valence-corrected chi connectivity index (χ1v) is 34.3. The number of para-hydroxylation sites is 1. The Morgan fingerprint density at radius 1 is 0.905 bits per heavy atom. The Balaban J connectivity index is 0.696. The molecule has 95 heavy (non-hydrogen) atoms. The molecule has 7 aromatic rings. The monoisotopic (exact) mass is 1350 g/mol. The van der Waals surface area contributed by atoms with E-state index in [0.29, 0.717) is 72.6 Å². The number of aryl methyl sites for hydroxylation is 1. The van der Waals surface area contributed by atoms with E-state index in [1.54, 1.807) is 62.0 Å². The molecule has 2 aliphatic heterocycles. The number of anilines is 1. The molecule has 6 N–H and O–H groups in total.